The summed E-state index contributed by atoms with van der Waals surface area (Å²) in [7, 11) is -3.91. The average Bonchev–Trinajstić information content (AvgIpc) is 3.03. The highest BCUT2D eigenvalue weighted by Gasteiger charge is 2.25. The molecule has 2 amide bonds. The minimum atomic E-state index is -3.91. The zero-order valence-electron chi connectivity index (χ0n) is 17.0. The minimum absolute atomic E-state index is 0.356. The molecule has 1 fully saturated rings. The second-order valence-corrected chi connectivity index (χ2v) is 9.80. The lowest BCUT2D eigenvalue weighted by molar-refractivity contribution is -0.132. The summed E-state index contributed by atoms with van der Waals surface area (Å²) < 4.78 is 38.1. The number of fused-ring (bicyclic) bond motifs is 1. The van der Waals surface area contributed by atoms with E-state index in [0.717, 1.165) is 16.0 Å². The van der Waals surface area contributed by atoms with E-state index in [1.807, 2.05) is 36.6 Å². The van der Waals surface area contributed by atoms with Crippen LogP contribution in [0, 0.1) is 0 Å². The van der Waals surface area contributed by atoms with Gasteiger partial charge in [-0.2, -0.15) is 4.99 Å². The number of thiazole rings is 1. The maximum atomic E-state index is 12.4. The molecule has 0 unspecified atom stereocenters. The number of benzene rings is 1. The van der Waals surface area contributed by atoms with Crippen molar-refractivity contribution in [1.82, 2.24) is 9.47 Å². The van der Waals surface area contributed by atoms with E-state index < -0.39 is 33.2 Å². The second-order valence-electron chi connectivity index (χ2n) is 6.72. The summed E-state index contributed by atoms with van der Waals surface area (Å²) in [5.41, 5.74) is 0.892. The Balaban J connectivity index is 1.77. The molecule has 9 nitrogen and oxygen atoms in total. The first-order chi connectivity index (χ1) is 14.3. The largest absolute Gasteiger partial charge is 0.494 e. The SMILES string of the molecule is CCOc1ccc2c(c1)sc(=NC(=O)CS(=O)(=O)CC(=O)N1CCOCC1)n2CC. The van der Waals surface area contributed by atoms with Crippen molar-refractivity contribution in [2.24, 2.45) is 4.99 Å². The summed E-state index contributed by atoms with van der Waals surface area (Å²) in [6.45, 7) is 6.41. The number of hydrogen-bond acceptors (Lipinski definition) is 7. The molecule has 0 radical (unpaired) electrons. The summed E-state index contributed by atoms with van der Waals surface area (Å²) in [4.78, 5) is 30.5. The predicted molar refractivity (Wildman–Crippen MR) is 113 cm³/mol. The number of morpholine rings is 1. The molecule has 1 aromatic carbocycles. The molecule has 1 aromatic heterocycles. The van der Waals surface area contributed by atoms with Crippen LogP contribution in [0.15, 0.2) is 23.2 Å². The zero-order chi connectivity index (χ0) is 21.7. The van der Waals surface area contributed by atoms with Crippen LogP contribution < -0.4 is 9.54 Å². The van der Waals surface area contributed by atoms with Gasteiger partial charge in [-0.25, -0.2) is 8.42 Å². The van der Waals surface area contributed by atoms with E-state index in [1.54, 1.807) is 0 Å². The van der Waals surface area contributed by atoms with Gasteiger partial charge in [0.05, 0.1) is 30.0 Å². The summed E-state index contributed by atoms with van der Waals surface area (Å²) in [5.74, 6) is -2.09. The lowest BCUT2D eigenvalue weighted by Crippen LogP contribution is -2.43. The fraction of sp³-hybridized carbons (Fsp3) is 0.526. The van der Waals surface area contributed by atoms with Crippen molar-refractivity contribution in [2.75, 3.05) is 44.4 Å². The molecule has 164 valence electrons. The monoisotopic (exact) mass is 455 g/mol. The Hall–Kier alpha value is -2.24. The van der Waals surface area contributed by atoms with Gasteiger partial charge in [0.25, 0.3) is 5.91 Å². The van der Waals surface area contributed by atoms with Crippen LogP contribution in [0.3, 0.4) is 0 Å². The van der Waals surface area contributed by atoms with E-state index in [9.17, 15) is 18.0 Å². The molecule has 3 rings (SSSR count). The smallest absolute Gasteiger partial charge is 0.263 e. The molecule has 0 atom stereocenters. The Bertz CT molecular complexity index is 1100. The van der Waals surface area contributed by atoms with Crippen molar-refractivity contribution in [1.29, 1.82) is 0 Å². The third-order valence-electron chi connectivity index (χ3n) is 4.55. The lowest BCUT2D eigenvalue weighted by atomic mass is 10.3. The summed E-state index contributed by atoms with van der Waals surface area (Å²) in [5, 5.41) is 0. The molecule has 0 saturated carbocycles. The number of carbonyl (C=O) groups is 2. The number of amides is 2. The van der Waals surface area contributed by atoms with Crippen LogP contribution in [0.25, 0.3) is 10.2 Å². The molecule has 0 bridgehead atoms. The number of ether oxygens (including phenoxy) is 2. The summed E-state index contributed by atoms with van der Waals surface area (Å²) in [6.07, 6.45) is 0. The highest BCUT2D eigenvalue weighted by Crippen LogP contribution is 2.23. The third-order valence-corrected chi connectivity index (χ3v) is 6.97. The highest BCUT2D eigenvalue weighted by molar-refractivity contribution is 7.92. The van der Waals surface area contributed by atoms with Crippen LogP contribution >= 0.6 is 11.3 Å². The normalized spacial score (nSPS) is 15.5. The summed E-state index contributed by atoms with van der Waals surface area (Å²) in [6, 6.07) is 5.61. The van der Waals surface area contributed by atoms with Crippen molar-refractivity contribution in [2.45, 2.75) is 20.4 Å². The van der Waals surface area contributed by atoms with Crippen LogP contribution in [-0.4, -0.2) is 74.1 Å². The van der Waals surface area contributed by atoms with Crippen LogP contribution in [0.2, 0.25) is 0 Å². The molecular weight excluding hydrogens is 430 g/mol. The Labute approximate surface area is 178 Å². The molecule has 1 saturated heterocycles. The van der Waals surface area contributed by atoms with E-state index in [4.69, 9.17) is 9.47 Å². The van der Waals surface area contributed by atoms with Gasteiger partial charge in [0.15, 0.2) is 14.6 Å². The standard InChI is InChI=1S/C19H25N3O6S2/c1-3-22-15-6-5-14(28-4-2)11-16(15)29-19(22)20-17(23)12-30(25,26)13-18(24)21-7-9-27-10-8-21/h5-6,11H,3-4,7-10,12-13H2,1-2H3. The maximum Gasteiger partial charge on any atom is 0.263 e. The zero-order valence-corrected chi connectivity index (χ0v) is 18.6. The summed E-state index contributed by atoms with van der Waals surface area (Å²) >= 11 is 1.29. The Morgan fingerprint density at radius 3 is 2.60 bits per heavy atom. The molecule has 1 aliphatic heterocycles. The number of sulfone groups is 1. The number of nitrogens with zero attached hydrogens (tertiary/aromatic N) is 3. The van der Waals surface area contributed by atoms with Crippen molar-refractivity contribution >= 4 is 43.2 Å². The topological polar surface area (TPSA) is 107 Å². The minimum Gasteiger partial charge on any atom is -0.494 e. The Morgan fingerprint density at radius 1 is 1.20 bits per heavy atom. The van der Waals surface area contributed by atoms with E-state index >= 15 is 0 Å². The van der Waals surface area contributed by atoms with Crippen LogP contribution in [0.4, 0.5) is 0 Å². The average molecular weight is 456 g/mol. The molecule has 1 aliphatic rings. The molecule has 0 spiro atoms. The van der Waals surface area contributed by atoms with Gasteiger partial charge in [-0.05, 0) is 32.0 Å². The van der Waals surface area contributed by atoms with Crippen molar-refractivity contribution in [3.63, 3.8) is 0 Å². The molecule has 11 heteroatoms. The van der Waals surface area contributed by atoms with Crippen molar-refractivity contribution in [3.05, 3.63) is 23.0 Å². The molecule has 2 aromatic rings. The van der Waals surface area contributed by atoms with Crippen LogP contribution in [0.1, 0.15) is 13.8 Å². The first-order valence-corrected chi connectivity index (χ1v) is 12.4. The number of aromatic nitrogens is 1. The van der Waals surface area contributed by atoms with E-state index in [2.05, 4.69) is 4.99 Å². The molecule has 0 aliphatic carbocycles. The first-order valence-electron chi connectivity index (χ1n) is 9.72. The first kappa shape index (κ1) is 22.4. The van der Waals surface area contributed by atoms with E-state index in [1.165, 1.54) is 16.2 Å². The van der Waals surface area contributed by atoms with Crippen LogP contribution in [-0.2, 0) is 30.7 Å². The molecule has 30 heavy (non-hydrogen) atoms. The number of carbonyl (C=O) groups excluding carboxylic acids is 2. The fourth-order valence-corrected chi connectivity index (χ4v) is 5.41. The highest BCUT2D eigenvalue weighted by atomic mass is 32.2. The van der Waals surface area contributed by atoms with Crippen molar-refractivity contribution in [3.8, 4) is 5.75 Å². The second kappa shape index (κ2) is 9.71. The van der Waals surface area contributed by atoms with Gasteiger partial charge in [0, 0.05) is 19.6 Å². The molecule has 2 heterocycles. The van der Waals surface area contributed by atoms with Gasteiger partial charge in [-0.3, -0.25) is 9.59 Å². The van der Waals surface area contributed by atoms with Gasteiger partial charge in [-0.15, -0.1) is 0 Å². The molecule has 0 N–H and O–H groups in total. The van der Waals surface area contributed by atoms with Gasteiger partial charge >= 0.3 is 0 Å². The molecular formula is C19H25N3O6S2. The fourth-order valence-electron chi connectivity index (χ4n) is 3.17. The lowest BCUT2D eigenvalue weighted by Gasteiger charge is -2.26. The van der Waals surface area contributed by atoms with Gasteiger partial charge < -0.3 is 18.9 Å². The van der Waals surface area contributed by atoms with E-state index in [-0.39, 0.29) is 0 Å². The Morgan fingerprint density at radius 2 is 1.93 bits per heavy atom. The number of aryl methyl sites for hydroxylation is 1. The van der Waals surface area contributed by atoms with Crippen molar-refractivity contribution < 1.29 is 27.5 Å². The van der Waals surface area contributed by atoms with Crippen LogP contribution in [0.5, 0.6) is 5.75 Å². The van der Waals surface area contributed by atoms with Gasteiger partial charge in [0.1, 0.15) is 17.3 Å². The Kier molecular flexibility index (Phi) is 7.27. The van der Waals surface area contributed by atoms with E-state index in [0.29, 0.717) is 44.3 Å². The quantitative estimate of drug-likeness (QED) is 0.612. The number of rotatable bonds is 7. The maximum absolute atomic E-state index is 12.4. The van der Waals surface area contributed by atoms with Gasteiger partial charge in [-0.1, -0.05) is 11.3 Å². The predicted octanol–water partition coefficient (Wildman–Crippen LogP) is 0.822. The third kappa shape index (κ3) is 5.46. The van der Waals surface area contributed by atoms with Gasteiger partial charge in [0.2, 0.25) is 5.91 Å². The number of hydrogen-bond donors (Lipinski definition) is 0.